The summed E-state index contributed by atoms with van der Waals surface area (Å²) in [5.74, 6) is -0.360. The molecule has 0 aliphatic rings. The van der Waals surface area contributed by atoms with Gasteiger partial charge in [0.05, 0.1) is 23.8 Å². The Morgan fingerprint density at radius 1 is 1.03 bits per heavy atom. The van der Waals surface area contributed by atoms with E-state index in [2.05, 4.69) is 30.3 Å². The number of nitriles is 1. The fourth-order valence-corrected chi connectivity index (χ4v) is 3.58. The summed E-state index contributed by atoms with van der Waals surface area (Å²) in [7, 11) is 0. The van der Waals surface area contributed by atoms with E-state index >= 15 is 0 Å². The van der Waals surface area contributed by atoms with E-state index in [1.54, 1.807) is 19.1 Å². The first-order valence-corrected chi connectivity index (χ1v) is 9.53. The number of aromatic nitrogens is 1. The molecular weight excluding hydrogens is 360 g/mol. The van der Waals surface area contributed by atoms with Crippen molar-refractivity contribution >= 4 is 16.7 Å². The largest absolute Gasteiger partial charge is 0.462 e. The second-order valence-electron chi connectivity index (χ2n) is 6.81. The van der Waals surface area contributed by atoms with Crippen molar-refractivity contribution in [1.29, 1.82) is 5.26 Å². The molecule has 0 saturated carbocycles. The molecule has 1 heterocycles. The van der Waals surface area contributed by atoms with Crippen molar-refractivity contribution in [2.75, 3.05) is 6.61 Å². The Morgan fingerprint density at radius 3 is 2.66 bits per heavy atom. The Balaban J connectivity index is 1.78. The molecule has 0 aliphatic carbocycles. The zero-order valence-electron chi connectivity index (χ0n) is 16.1. The predicted molar refractivity (Wildman–Crippen MR) is 114 cm³/mol. The molecule has 0 unspecified atom stereocenters. The highest BCUT2D eigenvalue weighted by Gasteiger charge is 2.18. The second-order valence-corrected chi connectivity index (χ2v) is 6.81. The lowest BCUT2D eigenvalue weighted by Gasteiger charge is -2.07. The van der Waals surface area contributed by atoms with Gasteiger partial charge in [-0.05, 0) is 41.0 Å². The van der Waals surface area contributed by atoms with E-state index in [0.717, 1.165) is 11.1 Å². The standard InChI is InChI=1S/C25H20N2O2/c1-2-29-25(28)24-17-27(16-23(24)20-10-5-7-18(13-20)14-26)15-21-11-6-9-19-8-3-4-12-22(19)21/h3-13,16-17H,2,15H2,1H3. The van der Waals surface area contributed by atoms with Crippen LogP contribution in [0.1, 0.15) is 28.4 Å². The van der Waals surface area contributed by atoms with Crippen molar-refractivity contribution in [2.24, 2.45) is 0 Å². The van der Waals surface area contributed by atoms with E-state index in [1.807, 2.05) is 47.3 Å². The molecule has 4 nitrogen and oxygen atoms in total. The average molecular weight is 380 g/mol. The molecule has 3 aromatic carbocycles. The number of hydrogen-bond acceptors (Lipinski definition) is 3. The molecule has 1 aromatic heterocycles. The van der Waals surface area contributed by atoms with Crippen molar-refractivity contribution < 1.29 is 9.53 Å². The molecule has 0 amide bonds. The van der Waals surface area contributed by atoms with Gasteiger partial charge in [0.2, 0.25) is 0 Å². The summed E-state index contributed by atoms with van der Waals surface area (Å²) in [4.78, 5) is 12.6. The van der Waals surface area contributed by atoms with Gasteiger partial charge in [0.1, 0.15) is 0 Å². The van der Waals surface area contributed by atoms with E-state index in [0.29, 0.717) is 24.3 Å². The third-order valence-electron chi connectivity index (χ3n) is 4.91. The van der Waals surface area contributed by atoms with Crippen LogP contribution in [-0.4, -0.2) is 17.1 Å². The van der Waals surface area contributed by atoms with Crippen molar-refractivity contribution in [1.82, 2.24) is 4.57 Å². The fourth-order valence-electron chi connectivity index (χ4n) is 3.58. The highest BCUT2D eigenvalue weighted by atomic mass is 16.5. The number of rotatable bonds is 5. The van der Waals surface area contributed by atoms with Gasteiger partial charge < -0.3 is 9.30 Å². The summed E-state index contributed by atoms with van der Waals surface area (Å²) in [5, 5.41) is 11.6. The summed E-state index contributed by atoms with van der Waals surface area (Å²) in [6.45, 7) is 2.73. The fraction of sp³-hybridized carbons (Fsp3) is 0.120. The first-order chi connectivity index (χ1) is 14.2. The molecule has 142 valence electrons. The molecule has 0 N–H and O–H groups in total. The summed E-state index contributed by atoms with van der Waals surface area (Å²) >= 11 is 0. The van der Waals surface area contributed by atoms with Crippen molar-refractivity contribution in [2.45, 2.75) is 13.5 Å². The molecule has 0 spiro atoms. The van der Waals surface area contributed by atoms with Crippen LogP contribution in [0, 0.1) is 11.3 Å². The average Bonchev–Trinajstić information content (AvgIpc) is 3.18. The number of carbonyl (C=O) groups is 1. The van der Waals surface area contributed by atoms with Crippen LogP contribution in [-0.2, 0) is 11.3 Å². The molecule has 29 heavy (non-hydrogen) atoms. The zero-order valence-corrected chi connectivity index (χ0v) is 16.1. The van der Waals surface area contributed by atoms with E-state index in [4.69, 9.17) is 4.74 Å². The number of carbonyl (C=O) groups excluding carboxylic acids is 1. The lowest BCUT2D eigenvalue weighted by molar-refractivity contribution is 0.0527. The molecule has 0 atom stereocenters. The Morgan fingerprint density at radius 2 is 1.83 bits per heavy atom. The number of benzene rings is 3. The Hall–Kier alpha value is -3.84. The molecule has 0 radical (unpaired) electrons. The molecular formula is C25H20N2O2. The zero-order chi connectivity index (χ0) is 20.2. The number of nitrogens with zero attached hydrogens (tertiary/aromatic N) is 2. The molecule has 0 fully saturated rings. The van der Waals surface area contributed by atoms with Crippen molar-refractivity contribution in [3.8, 4) is 17.2 Å². The SMILES string of the molecule is CCOC(=O)c1cn(Cc2cccc3ccccc23)cc1-c1cccc(C#N)c1. The van der Waals surface area contributed by atoms with Crippen LogP contribution in [0.2, 0.25) is 0 Å². The topological polar surface area (TPSA) is 55.0 Å². The second kappa shape index (κ2) is 8.04. The van der Waals surface area contributed by atoms with Gasteiger partial charge in [-0.25, -0.2) is 4.79 Å². The molecule has 0 bridgehead atoms. The predicted octanol–water partition coefficient (Wildman–Crippen LogP) is 5.40. The van der Waals surface area contributed by atoms with Crippen LogP contribution in [0.5, 0.6) is 0 Å². The lowest BCUT2D eigenvalue weighted by Crippen LogP contribution is -2.05. The van der Waals surface area contributed by atoms with Gasteiger partial charge >= 0.3 is 5.97 Å². The summed E-state index contributed by atoms with van der Waals surface area (Å²) in [5.41, 5.74) is 3.82. The van der Waals surface area contributed by atoms with Gasteiger partial charge in [0.15, 0.2) is 0 Å². The van der Waals surface area contributed by atoms with Gasteiger partial charge in [-0.15, -0.1) is 0 Å². The third-order valence-corrected chi connectivity index (χ3v) is 4.91. The minimum absolute atomic E-state index is 0.311. The Bertz CT molecular complexity index is 1230. The normalized spacial score (nSPS) is 10.6. The number of hydrogen-bond donors (Lipinski definition) is 0. The van der Waals surface area contributed by atoms with Gasteiger partial charge in [-0.2, -0.15) is 5.26 Å². The molecule has 4 aromatic rings. The van der Waals surface area contributed by atoms with Crippen molar-refractivity contribution in [3.05, 3.63) is 95.8 Å². The minimum Gasteiger partial charge on any atom is -0.462 e. The summed E-state index contributed by atoms with van der Waals surface area (Å²) in [6, 6.07) is 23.9. The van der Waals surface area contributed by atoms with Crippen LogP contribution in [0.3, 0.4) is 0 Å². The van der Waals surface area contributed by atoms with Crippen LogP contribution in [0.25, 0.3) is 21.9 Å². The number of esters is 1. The minimum atomic E-state index is -0.360. The first kappa shape index (κ1) is 18.5. The van der Waals surface area contributed by atoms with Gasteiger partial charge in [-0.1, -0.05) is 54.6 Å². The van der Waals surface area contributed by atoms with Crippen LogP contribution in [0.4, 0.5) is 0 Å². The smallest absolute Gasteiger partial charge is 0.340 e. The highest BCUT2D eigenvalue weighted by Crippen LogP contribution is 2.28. The molecule has 4 rings (SSSR count). The van der Waals surface area contributed by atoms with Crippen LogP contribution >= 0.6 is 0 Å². The Kier molecular flexibility index (Phi) is 5.13. The van der Waals surface area contributed by atoms with E-state index < -0.39 is 0 Å². The monoisotopic (exact) mass is 380 g/mol. The molecule has 4 heteroatoms. The maximum atomic E-state index is 12.6. The Labute approximate surface area is 169 Å². The van der Waals surface area contributed by atoms with Gasteiger partial charge in [-0.3, -0.25) is 0 Å². The summed E-state index contributed by atoms with van der Waals surface area (Å²) < 4.78 is 7.27. The lowest BCUT2D eigenvalue weighted by atomic mass is 10.0. The highest BCUT2D eigenvalue weighted by molar-refractivity contribution is 5.97. The van der Waals surface area contributed by atoms with E-state index in [1.165, 1.54) is 16.3 Å². The third kappa shape index (κ3) is 3.76. The maximum absolute atomic E-state index is 12.6. The number of ether oxygens (including phenoxy) is 1. The quantitative estimate of drug-likeness (QED) is 0.435. The van der Waals surface area contributed by atoms with Gasteiger partial charge in [0, 0.05) is 24.5 Å². The first-order valence-electron chi connectivity index (χ1n) is 9.53. The molecule has 0 saturated heterocycles. The molecule has 0 aliphatic heterocycles. The van der Waals surface area contributed by atoms with Crippen LogP contribution < -0.4 is 0 Å². The van der Waals surface area contributed by atoms with Crippen molar-refractivity contribution in [3.63, 3.8) is 0 Å². The van der Waals surface area contributed by atoms with E-state index in [-0.39, 0.29) is 5.97 Å². The van der Waals surface area contributed by atoms with Crippen LogP contribution in [0.15, 0.2) is 79.1 Å². The summed E-state index contributed by atoms with van der Waals surface area (Å²) in [6.07, 6.45) is 3.78. The number of fused-ring (bicyclic) bond motifs is 1. The van der Waals surface area contributed by atoms with E-state index in [9.17, 15) is 10.1 Å². The van der Waals surface area contributed by atoms with Gasteiger partial charge in [0.25, 0.3) is 0 Å². The maximum Gasteiger partial charge on any atom is 0.340 e.